The third-order valence-electron chi connectivity index (χ3n) is 4.16. The van der Waals surface area contributed by atoms with Crippen LogP contribution in [0.15, 0.2) is 0 Å². The van der Waals surface area contributed by atoms with E-state index in [1.807, 2.05) is 0 Å². The van der Waals surface area contributed by atoms with Gasteiger partial charge in [-0.15, -0.1) is 0 Å². The summed E-state index contributed by atoms with van der Waals surface area (Å²) in [5.41, 5.74) is 6.69. The van der Waals surface area contributed by atoms with Gasteiger partial charge in [0, 0.05) is 18.8 Å². The first-order valence-corrected chi connectivity index (χ1v) is 6.55. The molecular weight excluding hydrogens is 186 g/mol. The molecule has 88 valence electrons. The van der Waals surface area contributed by atoms with Crippen LogP contribution < -0.4 is 5.73 Å². The lowest BCUT2D eigenvalue weighted by Crippen LogP contribution is -2.46. The van der Waals surface area contributed by atoms with Gasteiger partial charge in [0.25, 0.3) is 0 Å². The van der Waals surface area contributed by atoms with Crippen LogP contribution in [0.1, 0.15) is 51.9 Å². The molecule has 1 aliphatic carbocycles. The van der Waals surface area contributed by atoms with E-state index < -0.39 is 0 Å². The van der Waals surface area contributed by atoms with Gasteiger partial charge < -0.3 is 10.5 Å². The molecule has 15 heavy (non-hydrogen) atoms. The zero-order chi connectivity index (χ0) is 10.7. The molecule has 0 spiro atoms. The van der Waals surface area contributed by atoms with Gasteiger partial charge in [0.1, 0.15) is 0 Å². The van der Waals surface area contributed by atoms with Gasteiger partial charge in [-0.25, -0.2) is 0 Å². The van der Waals surface area contributed by atoms with Gasteiger partial charge in [-0.05, 0) is 43.9 Å². The normalized spacial score (nSPS) is 39.2. The van der Waals surface area contributed by atoms with Crippen molar-refractivity contribution in [3.05, 3.63) is 0 Å². The summed E-state index contributed by atoms with van der Waals surface area (Å²) in [6.07, 6.45) is 8.90. The lowest BCUT2D eigenvalue weighted by molar-refractivity contribution is 0.0504. The lowest BCUT2D eigenvalue weighted by atomic mass is 9.71. The molecule has 2 nitrogen and oxygen atoms in total. The van der Waals surface area contributed by atoms with Crippen molar-refractivity contribution in [3.8, 4) is 0 Å². The van der Waals surface area contributed by atoms with Crippen molar-refractivity contribution in [3.63, 3.8) is 0 Å². The largest absolute Gasteiger partial charge is 0.381 e. The van der Waals surface area contributed by atoms with Gasteiger partial charge >= 0.3 is 0 Å². The van der Waals surface area contributed by atoms with E-state index in [1.165, 1.54) is 44.9 Å². The van der Waals surface area contributed by atoms with E-state index in [0.29, 0.717) is 0 Å². The number of hydrogen-bond donors (Lipinski definition) is 1. The highest BCUT2D eigenvalue weighted by molar-refractivity contribution is 4.91. The van der Waals surface area contributed by atoms with Crippen LogP contribution in [-0.4, -0.2) is 18.8 Å². The highest BCUT2D eigenvalue weighted by Gasteiger charge is 2.33. The van der Waals surface area contributed by atoms with Crippen molar-refractivity contribution < 1.29 is 4.74 Å². The van der Waals surface area contributed by atoms with Crippen LogP contribution in [0.5, 0.6) is 0 Å². The Labute approximate surface area is 93.6 Å². The molecule has 0 amide bonds. The van der Waals surface area contributed by atoms with E-state index in [2.05, 4.69) is 6.92 Å². The standard InChI is InChI=1S/C13H25NO/c1-11-3-2-6-13(14,9-11)10-12-4-7-15-8-5-12/h11-12H,2-10,14H2,1H3. The summed E-state index contributed by atoms with van der Waals surface area (Å²) in [5, 5.41) is 0. The van der Waals surface area contributed by atoms with Crippen LogP contribution in [-0.2, 0) is 4.74 Å². The SMILES string of the molecule is CC1CCCC(N)(CC2CCOCC2)C1. The minimum absolute atomic E-state index is 0.152. The topological polar surface area (TPSA) is 35.2 Å². The van der Waals surface area contributed by atoms with E-state index in [0.717, 1.165) is 25.0 Å². The smallest absolute Gasteiger partial charge is 0.0468 e. The molecule has 2 atom stereocenters. The highest BCUT2D eigenvalue weighted by Crippen LogP contribution is 2.36. The van der Waals surface area contributed by atoms with Crippen LogP contribution in [0.2, 0.25) is 0 Å². The zero-order valence-corrected chi connectivity index (χ0v) is 10.0. The molecule has 0 bridgehead atoms. The van der Waals surface area contributed by atoms with Crippen molar-refractivity contribution in [1.82, 2.24) is 0 Å². The van der Waals surface area contributed by atoms with E-state index >= 15 is 0 Å². The second kappa shape index (κ2) is 4.84. The Morgan fingerprint density at radius 2 is 2.00 bits per heavy atom. The first kappa shape index (κ1) is 11.4. The van der Waals surface area contributed by atoms with Crippen molar-refractivity contribution >= 4 is 0 Å². The van der Waals surface area contributed by atoms with Gasteiger partial charge in [-0.3, -0.25) is 0 Å². The van der Waals surface area contributed by atoms with Crippen molar-refractivity contribution in [1.29, 1.82) is 0 Å². The number of hydrogen-bond acceptors (Lipinski definition) is 2. The molecule has 0 radical (unpaired) electrons. The fourth-order valence-electron chi connectivity index (χ4n) is 3.41. The van der Waals surface area contributed by atoms with Gasteiger partial charge in [0.15, 0.2) is 0 Å². The summed E-state index contributed by atoms with van der Waals surface area (Å²) in [5.74, 6) is 1.66. The molecule has 2 aliphatic rings. The Morgan fingerprint density at radius 1 is 1.27 bits per heavy atom. The molecule has 0 aromatic carbocycles. The Bertz CT molecular complexity index is 201. The van der Waals surface area contributed by atoms with Crippen LogP contribution in [0.3, 0.4) is 0 Å². The molecule has 2 unspecified atom stereocenters. The fourth-order valence-corrected chi connectivity index (χ4v) is 3.41. The summed E-state index contributed by atoms with van der Waals surface area (Å²) >= 11 is 0. The molecule has 0 aromatic rings. The molecule has 2 heteroatoms. The summed E-state index contributed by atoms with van der Waals surface area (Å²) in [7, 11) is 0. The van der Waals surface area contributed by atoms with Crippen LogP contribution in [0.4, 0.5) is 0 Å². The monoisotopic (exact) mass is 211 g/mol. The first-order valence-electron chi connectivity index (χ1n) is 6.55. The predicted octanol–water partition coefficient (Wildman–Crippen LogP) is 2.71. The zero-order valence-electron chi connectivity index (χ0n) is 10.0. The average molecular weight is 211 g/mol. The van der Waals surface area contributed by atoms with Gasteiger partial charge in [0.05, 0.1) is 0 Å². The van der Waals surface area contributed by atoms with Crippen molar-refractivity contribution in [2.24, 2.45) is 17.6 Å². The Morgan fingerprint density at radius 3 is 2.67 bits per heavy atom. The highest BCUT2D eigenvalue weighted by atomic mass is 16.5. The maximum absolute atomic E-state index is 6.54. The molecule has 1 saturated heterocycles. The van der Waals surface area contributed by atoms with Crippen molar-refractivity contribution in [2.45, 2.75) is 57.4 Å². The molecule has 0 aromatic heterocycles. The van der Waals surface area contributed by atoms with Gasteiger partial charge in [0.2, 0.25) is 0 Å². The van der Waals surface area contributed by atoms with Gasteiger partial charge in [-0.2, -0.15) is 0 Å². The minimum Gasteiger partial charge on any atom is -0.381 e. The Kier molecular flexibility index (Phi) is 3.68. The van der Waals surface area contributed by atoms with E-state index in [1.54, 1.807) is 0 Å². The van der Waals surface area contributed by atoms with Gasteiger partial charge in [-0.1, -0.05) is 19.8 Å². The summed E-state index contributed by atoms with van der Waals surface area (Å²) < 4.78 is 5.40. The molecule has 2 N–H and O–H groups in total. The second-order valence-electron chi connectivity index (χ2n) is 5.82. The maximum atomic E-state index is 6.54. The maximum Gasteiger partial charge on any atom is 0.0468 e. The van der Waals surface area contributed by atoms with E-state index in [4.69, 9.17) is 10.5 Å². The number of ether oxygens (including phenoxy) is 1. The molecule has 2 rings (SSSR count). The van der Waals surface area contributed by atoms with E-state index in [-0.39, 0.29) is 5.54 Å². The molecular formula is C13H25NO. The van der Waals surface area contributed by atoms with Crippen LogP contribution in [0.25, 0.3) is 0 Å². The molecule has 1 saturated carbocycles. The fraction of sp³-hybridized carbons (Fsp3) is 1.00. The van der Waals surface area contributed by atoms with Crippen LogP contribution >= 0.6 is 0 Å². The number of nitrogens with two attached hydrogens (primary N) is 1. The van der Waals surface area contributed by atoms with Crippen molar-refractivity contribution in [2.75, 3.05) is 13.2 Å². The predicted molar refractivity (Wildman–Crippen MR) is 62.7 cm³/mol. The first-order chi connectivity index (χ1) is 7.18. The van der Waals surface area contributed by atoms with E-state index in [9.17, 15) is 0 Å². The molecule has 1 aliphatic heterocycles. The Hall–Kier alpha value is -0.0800. The third kappa shape index (κ3) is 3.18. The Balaban J connectivity index is 1.85. The summed E-state index contributed by atoms with van der Waals surface area (Å²) in [6, 6.07) is 0. The quantitative estimate of drug-likeness (QED) is 0.762. The number of rotatable bonds is 2. The average Bonchev–Trinajstić information content (AvgIpc) is 2.18. The second-order valence-corrected chi connectivity index (χ2v) is 5.82. The summed E-state index contributed by atoms with van der Waals surface area (Å²) in [6.45, 7) is 4.26. The lowest BCUT2D eigenvalue weighted by Gasteiger charge is -2.40. The van der Waals surface area contributed by atoms with Crippen LogP contribution in [0, 0.1) is 11.8 Å². The summed E-state index contributed by atoms with van der Waals surface area (Å²) in [4.78, 5) is 0. The molecule has 1 heterocycles. The molecule has 2 fully saturated rings. The third-order valence-corrected chi connectivity index (χ3v) is 4.16. The minimum atomic E-state index is 0.152.